The topological polar surface area (TPSA) is 13.7 Å². The first-order valence-electron chi connectivity index (χ1n) is 8.93. The quantitative estimate of drug-likeness (QED) is 0.865. The number of benzene rings is 2. The molecule has 2 aromatic carbocycles. The zero-order valence-corrected chi connectivity index (χ0v) is 14.1. The molecule has 0 aliphatic carbocycles. The number of quaternary nitrogens is 1. The molecule has 0 amide bonds. The lowest BCUT2D eigenvalue weighted by Crippen LogP contribution is -3.11. The van der Waals surface area contributed by atoms with Crippen LogP contribution in [0.25, 0.3) is 0 Å². The third kappa shape index (κ3) is 4.59. The largest absolute Gasteiger partial charge is 0.493 e. The van der Waals surface area contributed by atoms with Gasteiger partial charge in [0.1, 0.15) is 12.3 Å². The average Bonchev–Trinajstić information content (AvgIpc) is 2.60. The van der Waals surface area contributed by atoms with Gasteiger partial charge in [-0.3, -0.25) is 0 Å². The Hall–Kier alpha value is -1.80. The van der Waals surface area contributed by atoms with Crippen molar-refractivity contribution in [3.05, 3.63) is 65.7 Å². The lowest BCUT2D eigenvalue weighted by molar-refractivity contribution is -0.919. The van der Waals surface area contributed by atoms with E-state index in [2.05, 4.69) is 61.5 Å². The molecule has 3 rings (SSSR count). The number of likely N-dealkylation sites (tertiary alicyclic amines) is 1. The van der Waals surface area contributed by atoms with Crippen molar-refractivity contribution in [3.8, 4) is 5.75 Å². The zero-order chi connectivity index (χ0) is 15.9. The van der Waals surface area contributed by atoms with Gasteiger partial charge in [0, 0.05) is 5.56 Å². The van der Waals surface area contributed by atoms with E-state index in [1.54, 1.807) is 4.90 Å². The second-order valence-corrected chi connectivity index (χ2v) is 6.60. The second kappa shape index (κ2) is 8.16. The van der Waals surface area contributed by atoms with Crippen LogP contribution in [0.5, 0.6) is 5.75 Å². The molecule has 2 heteroatoms. The van der Waals surface area contributed by atoms with E-state index in [0.29, 0.717) is 0 Å². The number of hydrogen-bond donors (Lipinski definition) is 1. The van der Waals surface area contributed by atoms with Crippen molar-refractivity contribution < 1.29 is 9.64 Å². The van der Waals surface area contributed by atoms with Gasteiger partial charge < -0.3 is 9.64 Å². The molecule has 1 fully saturated rings. The first kappa shape index (κ1) is 16.1. The minimum Gasteiger partial charge on any atom is -0.493 e. The molecule has 122 valence electrons. The number of rotatable bonds is 6. The van der Waals surface area contributed by atoms with Crippen molar-refractivity contribution in [1.29, 1.82) is 0 Å². The summed E-state index contributed by atoms with van der Waals surface area (Å²) in [4.78, 5) is 1.70. The molecule has 0 radical (unpaired) electrons. The van der Waals surface area contributed by atoms with Crippen LogP contribution in [0.2, 0.25) is 0 Å². The fourth-order valence-corrected chi connectivity index (χ4v) is 3.63. The van der Waals surface area contributed by atoms with Gasteiger partial charge in [0.05, 0.1) is 19.7 Å². The first-order valence-corrected chi connectivity index (χ1v) is 8.93. The molecule has 0 atom stereocenters. The molecule has 2 nitrogen and oxygen atoms in total. The summed E-state index contributed by atoms with van der Waals surface area (Å²) < 4.78 is 5.77. The van der Waals surface area contributed by atoms with Crippen LogP contribution in [0.3, 0.4) is 0 Å². The Morgan fingerprint density at radius 2 is 1.65 bits per heavy atom. The molecule has 0 bridgehead atoms. The molecule has 0 unspecified atom stereocenters. The van der Waals surface area contributed by atoms with Gasteiger partial charge in [0.25, 0.3) is 0 Å². The fraction of sp³-hybridized carbons (Fsp3) is 0.429. The van der Waals surface area contributed by atoms with Crippen LogP contribution >= 0.6 is 0 Å². The number of hydrogen-bond acceptors (Lipinski definition) is 1. The van der Waals surface area contributed by atoms with Crippen molar-refractivity contribution in [3.63, 3.8) is 0 Å². The molecule has 23 heavy (non-hydrogen) atoms. The van der Waals surface area contributed by atoms with Crippen molar-refractivity contribution in [2.24, 2.45) is 5.92 Å². The lowest BCUT2D eigenvalue weighted by Gasteiger charge is -2.29. The molecular formula is C21H28NO+. The normalized spacial score (nSPS) is 21.1. The fourth-order valence-electron chi connectivity index (χ4n) is 3.63. The Balaban J connectivity index is 1.51. The van der Waals surface area contributed by atoms with E-state index >= 15 is 0 Å². The number of para-hydroxylation sites is 1. The van der Waals surface area contributed by atoms with E-state index in [4.69, 9.17) is 4.74 Å². The van der Waals surface area contributed by atoms with Crippen molar-refractivity contribution in [2.45, 2.75) is 32.7 Å². The predicted octanol–water partition coefficient (Wildman–Crippen LogP) is 3.12. The molecule has 0 aromatic heterocycles. The highest BCUT2D eigenvalue weighted by Crippen LogP contribution is 2.19. The summed E-state index contributed by atoms with van der Waals surface area (Å²) in [5, 5.41) is 0. The van der Waals surface area contributed by atoms with Crippen molar-refractivity contribution in [1.82, 2.24) is 0 Å². The van der Waals surface area contributed by atoms with Gasteiger partial charge in [0.2, 0.25) is 0 Å². The smallest absolute Gasteiger partial charge is 0.128 e. The van der Waals surface area contributed by atoms with Crippen LogP contribution in [-0.4, -0.2) is 19.7 Å². The van der Waals surface area contributed by atoms with Crippen LogP contribution in [0, 0.1) is 5.92 Å². The van der Waals surface area contributed by atoms with Crippen molar-refractivity contribution in [2.75, 3.05) is 19.7 Å². The Kier molecular flexibility index (Phi) is 5.71. The third-order valence-corrected chi connectivity index (χ3v) is 4.89. The highest BCUT2D eigenvalue weighted by molar-refractivity contribution is 5.32. The molecule has 1 N–H and O–H groups in total. The molecule has 2 aromatic rings. The van der Waals surface area contributed by atoms with E-state index in [-0.39, 0.29) is 0 Å². The van der Waals surface area contributed by atoms with Crippen LogP contribution in [0.15, 0.2) is 54.6 Å². The number of ether oxygens (including phenoxy) is 1. The van der Waals surface area contributed by atoms with Gasteiger partial charge in [-0.1, -0.05) is 42.5 Å². The van der Waals surface area contributed by atoms with Gasteiger partial charge in [-0.25, -0.2) is 0 Å². The molecule has 0 spiro atoms. The van der Waals surface area contributed by atoms with E-state index in [9.17, 15) is 0 Å². The molecule has 1 heterocycles. The van der Waals surface area contributed by atoms with Crippen LogP contribution in [0.1, 0.15) is 30.9 Å². The maximum absolute atomic E-state index is 5.77. The average molecular weight is 310 g/mol. The lowest BCUT2D eigenvalue weighted by atomic mass is 9.90. The highest BCUT2D eigenvalue weighted by Gasteiger charge is 2.23. The van der Waals surface area contributed by atoms with Crippen molar-refractivity contribution >= 4 is 0 Å². The Labute approximate surface area is 140 Å². The SMILES string of the molecule is CCOc1ccccc1C[NH+]1CCC(Cc2ccccc2)CC1. The Morgan fingerprint density at radius 1 is 0.957 bits per heavy atom. The molecule has 1 saturated heterocycles. The van der Waals surface area contributed by atoms with Gasteiger partial charge in [0.15, 0.2) is 0 Å². The zero-order valence-electron chi connectivity index (χ0n) is 14.1. The first-order chi connectivity index (χ1) is 11.3. The summed E-state index contributed by atoms with van der Waals surface area (Å²) in [5.74, 6) is 1.91. The predicted molar refractivity (Wildman–Crippen MR) is 94.9 cm³/mol. The maximum atomic E-state index is 5.77. The minimum absolute atomic E-state index is 0.742. The van der Waals surface area contributed by atoms with E-state index < -0.39 is 0 Å². The number of piperidine rings is 1. The Morgan fingerprint density at radius 3 is 2.39 bits per heavy atom. The summed E-state index contributed by atoms with van der Waals surface area (Å²) >= 11 is 0. The third-order valence-electron chi connectivity index (χ3n) is 4.89. The van der Waals surface area contributed by atoms with E-state index in [1.165, 1.54) is 43.5 Å². The monoisotopic (exact) mass is 310 g/mol. The van der Waals surface area contributed by atoms with Gasteiger partial charge in [-0.15, -0.1) is 0 Å². The minimum atomic E-state index is 0.742. The number of nitrogens with one attached hydrogen (secondary N) is 1. The van der Waals surface area contributed by atoms with Crippen LogP contribution < -0.4 is 9.64 Å². The van der Waals surface area contributed by atoms with Gasteiger partial charge in [-0.2, -0.15) is 0 Å². The second-order valence-electron chi connectivity index (χ2n) is 6.60. The molecular weight excluding hydrogens is 282 g/mol. The van der Waals surface area contributed by atoms with Crippen LogP contribution in [-0.2, 0) is 13.0 Å². The standard InChI is InChI=1S/C21H27NO/c1-2-23-21-11-7-6-10-20(21)17-22-14-12-19(13-15-22)16-18-8-4-3-5-9-18/h3-11,19H,2,12-17H2,1H3/p+1. The van der Waals surface area contributed by atoms with Gasteiger partial charge >= 0.3 is 0 Å². The summed E-state index contributed by atoms with van der Waals surface area (Å²) in [5.41, 5.74) is 2.84. The highest BCUT2D eigenvalue weighted by atomic mass is 16.5. The molecule has 1 aliphatic rings. The summed E-state index contributed by atoms with van der Waals surface area (Å²) in [6.07, 6.45) is 3.91. The molecule has 0 saturated carbocycles. The Bertz CT molecular complexity index is 588. The van der Waals surface area contributed by atoms with Gasteiger partial charge in [-0.05, 0) is 49.8 Å². The summed E-state index contributed by atoms with van der Waals surface area (Å²) in [7, 11) is 0. The van der Waals surface area contributed by atoms with Crippen LogP contribution in [0.4, 0.5) is 0 Å². The van der Waals surface area contributed by atoms with E-state index in [0.717, 1.165) is 24.8 Å². The summed E-state index contributed by atoms with van der Waals surface area (Å²) in [6.45, 7) is 6.44. The molecule has 1 aliphatic heterocycles. The maximum Gasteiger partial charge on any atom is 0.128 e. The summed E-state index contributed by atoms with van der Waals surface area (Å²) in [6, 6.07) is 19.4. The van der Waals surface area contributed by atoms with E-state index in [1.807, 2.05) is 0 Å².